The highest BCUT2D eigenvalue weighted by Crippen LogP contribution is 2.33. The zero-order valence-corrected chi connectivity index (χ0v) is 22.4. The molecule has 1 heterocycles. The van der Waals surface area contributed by atoms with E-state index in [2.05, 4.69) is 0 Å². The van der Waals surface area contributed by atoms with Crippen molar-refractivity contribution in [1.82, 2.24) is 0 Å². The molecule has 4 rings (SSSR count). The number of benzene rings is 3. The van der Waals surface area contributed by atoms with Gasteiger partial charge in [0, 0.05) is 0 Å². The Kier molecular flexibility index (Phi) is 8.73. The summed E-state index contributed by atoms with van der Waals surface area (Å²) in [6.07, 6.45) is -2.64. The van der Waals surface area contributed by atoms with Crippen LogP contribution in [0.3, 0.4) is 0 Å². The minimum atomic E-state index is -2.04. The molecule has 10 nitrogen and oxygen atoms in total. The molecular weight excluding hydrogens is 519 g/mol. The van der Waals surface area contributed by atoms with Crippen LogP contribution in [0.25, 0.3) is 0 Å². The van der Waals surface area contributed by atoms with Crippen LogP contribution in [0.4, 0.5) is 0 Å². The van der Waals surface area contributed by atoms with Crippen molar-refractivity contribution in [3.63, 3.8) is 0 Å². The summed E-state index contributed by atoms with van der Waals surface area (Å²) in [6, 6.07) is 20.4. The Morgan fingerprint density at radius 2 is 1.35 bits per heavy atom. The maximum Gasteiger partial charge on any atom is 0.638 e. The van der Waals surface area contributed by atoms with Crippen LogP contribution in [0.1, 0.15) is 38.1 Å². The zero-order chi connectivity index (χ0) is 28.8. The van der Waals surface area contributed by atoms with Crippen LogP contribution in [-0.4, -0.2) is 47.6 Å². The Balaban J connectivity index is 1.59. The number of aliphatic hydroxyl groups is 1. The number of aliphatic hydroxyl groups excluding tert-OH is 1. The van der Waals surface area contributed by atoms with Crippen molar-refractivity contribution >= 4 is 24.5 Å². The highest BCUT2D eigenvalue weighted by molar-refractivity contribution is 6.63. The topological polar surface area (TPSA) is 130 Å². The number of esters is 1. The van der Waals surface area contributed by atoms with Crippen LogP contribution in [0.5, 0.6) is 23.0 Å². The van der Waals surface area contributed by atoms with E-state index in [0.29, 0.717) is 17.0 Å². The van der Waals surface area contributed by atoms with Crippen molar-refractivity contribution in [3.05, 3.63) is 90.1 Å². The fourth-order valence-electron chi connectivity index (χ4n) is 3.83. The molecule has 3 aromatic carbocycles. The maximum absolute atomic E-state index is 13.4. The summed E-state index contributed by atoms with van der Waals surface area (Å²) in [5.41, 5.74) is 0.264. The van der Waals surface area contributed by atoms with Crippen LogP contribution >= 0.6 is 0 Å². The number of carbonyl (C=O) groups is 2. The minimum absolute atomic E-state index is 0.103. The number of hydrogen-bond acceptors (Lipinski definition) is 9. The summed E-state index contributed by atoms with van der Waals surface area (Å²) in [5.74, 6) is -2.89. The van der Waals surface area contributed by atoms with E-state index in [1.807, 2.05) is 6.07 Å². The lowest BCUT2D eigenvalue weighted by Crippen LogP contribution is -2.36. The fourth-order valence-corrected chi connectivity index (χ4v) is 3.83. The number of ether oxygens (including phenoxy) is 4. The molecule has 0 radical (unpaired) electrons. The normalized spacial score (nSPS) is 13.5. The van der Waals surface area contributed by atoms with Crippen molar-refractivity contribution in [1.29, 1.82) is 0 Å². The van der Waals surface area contributed by atoms with Crippen LogP contribution < -0.4 is 19.7 Å². The van der Waals surface area contributed by atoms with Gasteiger partial charge >= 0.3 is 25.0 Å². The molecule has 1 atom stereocenters. The van der Waals surface area contributed by atoms with Gasteiger partial charge in [-0.15, -0.1) is 0 Å². The van der Waals surface area contributed by atoms with Gasteiger partial charge in [-0.2, -0.15) is 0 Å². The van der Waals surface area contributed by atoms with E-state index in [9.17, 15) is 19.8 Å². The first kappa shape index (κ1) is 28.2. The van der Waals surface area contributed by atoms with E-state index in [1.54, 1.807) is 94.4 Å². The SMILES string of the molecule is CC(C)Oc1cccc(OC(C)C)c1C(=O)OC(C(=O)O)C1=C(O)OB(c2ccccc2Oc2ccccc2)O1. The largest absolute Gasteiger partial charge is 0.638 e. The number of carbonyl (C=O) groups excluding carboxylic acids is 1. The summed E-state index contributed by atoms with van der Waals surface area (Å²) >= 11 is 0. The number of rotatable bonds is 11. The molecule has 0 amide bonds. The van der Waals surface area contributed by atoms with Gasteiger partial charge < -0.3 is 38.5 Å². The molecule has 2 N–H and O–H groups in total. The summed E-state index contributed by atoms with van der Waals surface area (Å²) in [4.78, 5) is 25.6. The highest BCUT2D eigenvalue weighted by Gasteiger charge is 2.45. The Labute approximate surface area is 231 Å². The van der Waals surface area contributed by atoms with Crippen molar-refractivity contribution in [2.45, 2.75) is 46.0 Å². The van der Waals surface area contributed by atoms with Crippen LogP contribution in [0.15, 0.2) is 84.5 Å². The van der Waals surface area contributed by atoms with E-state index in [-0.39, 0.29) is 29.3 Å². The molecular formula is C29H29BO10. The summed E-state index contributed by atoms with van der Waals surface area (Å²) in [5, 5.41) is 20.5. The first-order valence-electron chi connectivity index (χ1n) is 12.6. The van der Waals surface area contributed by atoms with Gasteiger partial charge in [0.2, 0.25) is 5.76 Å². The first-order valence-corrected chi connectivity index (χ1v) is 12.6. The quantitative estimate of drug-likeness (QED) is 0.254. The number of para-hydroxylation sites is 2. The lowest BCUT2D eigenvalue weighted by atomic mass is 9.78. The van der Waals surface area contributed by atoms with Crippen molar-refractivity contribution in [3.8, 4) is 23.0 Å². The predicted molar refractivity (Wildman–Crippen MR) is 145 cm³/mol. The third-order valence-electron chi connectivity index (χ3n) is 5.41. The minimum Gasteiger partial charge on any atom is -0.517 e. The molecule has 1 aliphatic heterocycles. The third kappa shape index (κ3) is 6.61. The lowest BCUT2D eigenvalue weighted by molar-refractivity contribution is -0.146. The van der Waals surface area contributed by atoms with Crippen LogP contribution in [0, 0.1) is 0 Å². The number of aliphatic carboxylic acids is 1. The second-order valence-electron chi connectivity index (χ2n) is 9.28. The summed E-state index contributed by atoms with van der Waals surface area (Å²) in [7, 11) is -1.27. The standard InChI is InChI=1S/C29H29BO10/c1-17(2)35-22-15-10-16-23(36-18(3)4)24(22)28(33)38-25(27(31)32)26-29(34)40-30(39-26)20-13-8-9-14-21(20)37-19-11-6-5-7-12-19/h5-18,25,34H,1-4H3,(H,31,32). The van der Waals surface area contributed by atoms with Gasteiger partial charge in [-0.3, -0.25) is 0 Å². The number of hydrogen-bond donors (Lipinski definition) is 2. The molecule has 0 aromatic heterocycles. The molecule has 40 heavy (non-hydrogen) atoms. The maximum atomic E-state index is 13.4. The van der Waals surface area contributed by atoms with E-state index in [4.69, 9.17) is 28.3 Å². The van der Waals surface area contributed by atoms with E-state index in [1.165, 1.54) is 0 Å². The monoisotopic (exact) mass is 548 g/mol. The second kappa shape index (κ2) is 12.4. The summed E-state index contributed by atoms with van der Waals surface area (Å²) in [6.45, 7) is 7.10. The number of carboxylic acids is 1. The third-order valence-corrected chi connectivity index (χ3v) is 5.41. The Morgan fingerprint density at radius 3 is 1.95 bits per heavy atom. The molecule has 11 heteroatoms. The van der Waals surface area contributed by atoms with Crippen molar-refractivity contribution in [2.24, 2.45) is 0 Å². The lowest BCUT2D eigenvalue weighted by Gasteiger charge is -2.20. The molecule has 0 saturated heterocycles. The summed E-state index contributed by atoms with van der Waals surface area (Å²) < 4.78 is 33.9. The van der Waals surface area contributed by atoms with Gasteiger partial charge in [-0.1, -0.05) is 42.5 Å². The van der Waals surface area contributed by atoms with E-state index >= 15 is 0 Å². The molecule has 0 aliphatic carbocycles. The van der Waals surface area contributed by atoms with Gasteiger partial charge in [0.1, 0.15) is 28.6 Å². The first-order chi connectivity index (χ1) is 19.1. The smallest absolute Gasteiger partial charge is 0.517 e. The van der Waals surface area contributed by atoms with E-state index < -0.39 is 36.9 Å². The van der Waals surface area contributed by atoms with Gasteiger partial charge in [-0.05, 0) is 58.0 Å². The zero-order valence-electron chi connectivity index (χ0n) is 22.4. The average molecular weight is 548 g/mol. The molecule has 0 bridgehead atoms. The van der Waals surface area contributed by atoms with Crippen molar-refractivity contribution < 1.29 is 48.1 Å². The molecule has 1 unspecified atom stereocenters. The highest BCUT2D eigenvalue weighted by atomic mass is 16.7. The second-order valence-corrected chi connectivity index (χ2v) is 9.28. The van der Waals surface area contributed by atoms with E-state index in [0.717, 1.165) is 0 Å². The predicted octanol–water partition coefficient (Wildman–Crippen LogP) is 4.83. The average Bonchev–Trinajstić information content (AvgIpc) is 3.28. The van der Waals surface area contributed by atoms with Gasteiger partial charge in [0.05, 0.1) is 17.7 Å². The molecule has 1 aliphatic rings. The van der Waals surface area contributed by atoms with Gasteiger partial charge in [0.25, 0.3) is 6.10 Å². The molecule has 208 valence electrons. The van der Waals surface area contributed by atoms with Crippen LogP contribution in [-0.2, 0) is 18.8 Å². The Hall–Kier alpha value is -4.80. The molecule has 0 saturated carbocycles. The molecule has 0 spiro atoms. The molecule has 0 fully saturated rings. The van der Waals surface area contributed by atoms with Gasteiger partial charge in [0.15, 0.2) is 0 Å². The van der Waals surface area contributed by atoms with Gasteiger partial charge in [-0.25, -0.2) is 9.59 Å². The van der Waals surface area contributed by atoms with Crippen molar-refractivity contribution in [2.75, 3.05) is 0 Å². The Morgan fingerprint density at radius 1 is 0.775 bits per heavy atom. The number of carboxylic acid groups (broad SMARTS) is 1. The van der Waals surface area contributed by atoms with Crippen LogP contribution in [0.2, 0.25) is 0 Å². The molecule has 3 aromatic rings. The Bertz CT molecular complexity index is 1360. The fraction of sp³-hybridized carbons (Fsp3) is 0.241.